The fourth-order valence-electron chi connectivity index (χ4n) is 3.68. The van der Waals surface area contributed by atoms with Gasteiger partial charge < -0.3 is 4.74 Å². The Bertz CT molecular complexity index is 931. The van der Waals surface area contributed by atoms with E-state index in [1.165, 1.54) is 12.1 Å². The first-order chi connectivity index (χ1) is 14.0. The number of rotatable bonds is 5. The van der Waals surface area contributed by atoms with Crippen molar-refractivity contribution in [1.82, 2.24) is 0 Å². The van der Waals surface area contributed by atoms with Crippen molar-refractivity contribution in [3.8, 4) is 17.6 Å². The summed E-state index contributed by atoms with van der Waals surface area (Å²) in [5.41, 5.74) is 1.66. The number of halogens is 3. The van der Waals surface area contributed by atoms with Crippen LogP contribution in [0.5, 0.6) is 5.75 Å². The molecule has 152 valence electrons. The highest BCUT2D eigenvalue weighted by Crippen LogP contribution is 2.38. The zero-order valence-corrected chi connectivity index (χ0v) is 16.6. The van der Waals surface area contributed by atoms with Crippen LogP contribution in [0.3, 0.4) is 0 Å². The van der Waals surface area contributed by atoms with Crippen LogP contribution >= 0.6 is 0 Å². The zero-order chi connectivity index (χ0) is 20.8. The highest BCUT2D eigenvalue weighted by molar-refractivity contribution is 5.38. The number of hydrogen-bond acceptors (Lipinski definition) is 1. The Morgan fingerprint density at radius 2 is 1.83 bits per heavy atom. The summed E-state index contributed by atoms with van der Waals surface area (Å²) in [6.45, 7) is 5.68. The van der Waals surface area contributed by atoms with E-state index in [4.69, 9.17) is 4.74 Å². The Morgan fingerprint density at radius 3 is 2.52 bits per heavy atom. The van der Waals surface area contributed by atoms with Gasteiger partial charge in [0.1, 0.15) is 5.82 Å². The summed E-state index contributed by atoms with van der Waals surface area (Å²) in [6, 6.07) is 8.14. The van der Waals surface area contributed by atoms with E-state index >= 15 is 0 Å². The SMILES string of the molecule is C=CCCOc1ccc(C2CCC(C#Cc3ccc(C)cc3F)CC2)c(F)c1F. The van der Waals surface area contributed by atoms with Crippen LogP contribution < -0.4 is 4.74 Å². The van der Waals surface area contributed by atoms with Gasteiger partial charge in [-0.15, -0.1) is 6.58 Å². The number of benzene rings is 2. The lowest BCUT2D eigenvalue weighted by Crippen LogP contribution is -2.14. The lowest BCUT2D eigenvalue weighted by molar-refractivity contribution is 0.298. The van der Waals surface area contributed by atoms with Crippen molar-refractivity contribution >= 4 is 0 Å². The molecule has 0 amide bonds. The van der Waals surface area contributed by atoms with Crippen LogP contribution in [0.2, 0.25) is 0 Å². The molecule has 4 heteroatoms. The third-order valence-corrected chi connectivity index (χ3v) is 5.36. The molecule has 0 bridgehead atoms. The molecule has 0 aliphatic heterocycles. The first-order valence-electron chi connectivity index (χ1n) is 9.99. The minimum absolute atomic E-state index is 0.0408. The predicted molar refractivity (Wildman–Crippen MR) is 109 cm³/mol. The van der Waals surface area contributed by atoms with Crippen LogP contribution in [0.1, 0.15) is 54.7 Å². The fourth-order valence-corrected chi connectivity index (χ4v) is 3.68. The summed E-state index contributed by atoms with van der Waals surface area (Å²) < 4.78 is 48.0. The summed E-state index contributed by atoms with van der Waals surface area (Å²) in [5.74, 6) is 4.06. The third kappa shape index (κ3) is 5.23. The normalized spacial score (nSPS) is 18.6. The molecule has 1 saturated carbocycles. The van der Waals surface area contributed by atoms with Crippen LogP contribution in [0.4, 0.5) is 13.2 Å². The number of ether oxygens (including phenoxy) is 1. The maximum absolute atomic E-state index is 14.6. The van der Waals surface area contributed by atoms with Gasteiger partial charge in [-0.2, -0.15) is 4.39 Å². The fraction of sp³-hybridized carbons (Fsp3) is 0.360. The Kier molecular flexibility index (Phi) is 7.04. The summed E-state index contributed by atoms with van der Waals surface area (Å²) in [7, 11) is 0. The quantitative estimate of drug-likeness (QED) is 0.310. The van der Waals surface area contributed by atoms with E-state index in [1.807, 2.05) is 13.0 Å². The van der Waals surface area contributed by atoms with E-state index < -0.39 is 11.6 Å². The Hall–Kier alpha value is -2.67. The number of aryl methyl sites for hydroxylation is 1. The minimum Gasteiger partial charge on any atom is -0.490 e. The van der Waals surface area contributed by atoms with Crippen molar-refractivity contribution in [2.75, 3.05) is 6.61 Å². The highest BCUT2D eigenvalue weighted by atomic mass is 19.2. The minimum atomic E-state index is -0.927. The van der Waals surface area contributed by atoms with Crippen molar-refractivity contribution in [1.29, 1.82) is 0 Å². The molecule has 0 spiro atoms. The lowest BCUT2D eigenvalue weighted by atomic mass is 9.78. The molecule has 0 saturated heterocycles. The second-order valence-corrected chi connectivity index (χ2v) is 7.51. The molecule has 0 aromatic heterocycles. The molecule has 0 atom stereocenters. The van der Waals surface area contributed by atoms with Gasteiger partial charge in [-0.25, -0.2) is 8.78 Å². The van der Waals surface area contributed by atoms with E-state index in [0.29, 0.717) is 17.5 Å². The summed E-state index contributed by atoms with van der Waals surface area (Å²) in [5, 5.41) is 0. The Balaban J connectivity index is 1.63. The molecule has 0 heterocycles. The molecular weight excluding hydrogens is 373 g/mol. The van der Waals surface area contributed by atoms with Gasteiger partial charge in [0.15, 0.2) is 11.6 Å². The van der Waals surface area contributed by atoms with Crippen LogP contribution in [-0.4, -0.2) is 6.61 Å². The van der Waals surface area contributed by atoms with Gasteiger partial charge >= 0.3 is 0 Å². The van der Waals surface area contributed by atoms with Gasteiger partial charge in [-0.05, 0) is 74.3 Å². The summed E-state index contributed by atoms with van der Waals surface area (Å²) in [4.78, 5) is 0. The summed E-state index contributed by atoms with van der Waals surface area (Å²) >= 11 is 0. The smallest absolute Gasteiger partial charge is 0.200 e. The monoisotopic (exact) mass is 398 g/mol. The van der Waals surface area contributed by atoms with Crippen molar-refractivity contribution in [3.05, 3.63) is 77.1 Å². The topological polar surface area (TPSA) is 9.23 Å². The van der Waals surface area contributed by atoms with Crippen molar-refractivity contribution < 1.29 is 17.9 Å². The van der Waals surface area contributed by atoms with Crippen molar-refractivity contribution in [2.24, 2.45) is 5.92 Å². The molecule has 2 aromatic rings. The average Bonchev–Trinajstić information content (AvgIpc) is 2.71. The first-order valence-corrected chi connectivity index (χ1v) is 9.99. The van der Waals surface area contributed by atoms with Gasteiger partial charge in [0.2, 0.25) is 5.82 Å². The molecule has 2 aromatic carbocycles. The van der Waals surface area contributed by atoms with Gasteiger partial charge in [0.25, 0.3) is 0 Å². The van der Waals surface area contributed by atoms with Gasteiger partial charge in [0, 0.05) is 5.92 Å². The summed E-state index contributed by atoms with van der Waals surface area (Å²) in [6.07, 6.45) is 5.25. The van der Waals surface area contributed by atoms with E-state index in [9.17, 15) is 13.2 Å². The maximum atomic E-state index is 14.6. The molecule has 3 rings (SSSR count). The second-order valence-electron chi connectivity index (χ2n) is 7.51. The standard InChI is InChI=1S/C25H25F3O/c1-3-4-15-29-23-14-13-21(24(27)25(23)28)19-10-6-18(7-11-19)8-12-20-9-5-17(2)16-22(20)26/h3,5,9,13-14,16,18-19H,1,4,6-7,10-11,15H2,2H3. The van der Waals surface area contributed by atoms with Gasteiger partial charge in [-0.1, -0.05) is 30.0 Å². The molecule has 1 nitrogen and oxygen atoms in total. The van der Waals surface area contributed by atoms with Crippen LogP contribution in [0, 0.1) is 42.1 Å². The van der Waals surface area contributed by atoms with Crippen molar-refractivity contribution in [3.63, 3.8) is 0 Å². The zero-order valence-electron chi connectivity index (χ0n) is 16.6. The van der Waals surface area contributed by atoms with E-state index in [0.717, 1.165) is 31.2 Å². The largest absolute Gasteiger partial charge is 0.490 e. The van der Waals surface area contributed by atoms with Crippen LogP contribution in [-0.2, 0) is 0 Å². The van der Waals surface area contributed by atoms with E-state index in [-0.39, 0.29) is 30.0 Å². The predicted octanol–water partition coefficient (Wildman–Crippen LogP) is 6.69. The van der Waals surface area contributed by atoms with Gasteiger partial charge in [-0.3, -0.25) is 0 Å². The maximum Gasteiger partial charge on any atom is 0.200 e. The van der Waals surface area contributed by atoms with E-state index in [2.05, 4.69) is 18.4 Å². The Labute approximate surface area is 170 Å². The van der Waals surface area contributed by atoms with Gasteiger partial charge in [0.05, 0.1) is 12.2 Å². The van der Waals surface area contributed by atoms with E-state index in [1.54, 1.807) is 18.2 Å². The molecule has 0 N–H and O–H groups in total. The molecule has 1 aliphatic rings. The molecule has 1 fully saturated rings. The van der Waals surface area contributed by atoms with Crippen molar-refractivity contribution in [2.45, 2.75) is 44.9 Å². The molecular formula is C25H25F3O. The molecule has 1 aliphatic carbocycles. The first kappa shape index (κ1) is 21.0. The average molecular weight is 398 g/mol. The number of hydrogen-bond donors (Lipinski definition) is 0. The molecule has 0 unspecified atom stereocenters. The second kappa shape index (κ2) is 9.69. The molecule has 0 radical (unpaired) electrons. The Morgan fingerprint density at radius 1 is 1.07 bits per heavy atom. The van der Waals surface area contributed by atoms with Crippen LogP contribution in [0.25, 0.3) is 0 Å². The highest BCUT2D eigenvalue weighted by Gasteiger charge is 2.26. The van der Waals surface area contributed by atoms with Crippen LogP contribution in [0.15, 0.2) is 43.0 Å². The third-order valence-electron chi connectivity index (χ3n) is 5.36. The molecule has 29 heavy (non-hydrogen) atoms. The lowest BCUT2D eigenvalue weighted by Gasteiger charge is -2.26.